The Kier molecular flexibility index (Phi) is 5.40. The molecule has 8 heteroatoms. The van der Waals surface area contributed by atoms with Crippen molar-refractivity contribution in [3.8, 4) is 0 Å². The quantitative estimate of drug-likeness (QED) is 0.307. The van der Waals surface area contributed by atoms with Crippen LogP contribution in [0.5, 0.6) is 0 Å². The van der Waals surface area contributed by atoms with Gasteiger partial charge >= 0.3 is 0 Å². The lowest BCUT2D eigenvalue weighted by Gasteiger charge is -2.26. The fourth-order valence-corrected chi connectivity index (χ4v) is 2.90. The third-order valence-electron chi connectivity index (χ3n) is 4.14. The monoisotopic (exact) mass is 403 g/mol. The van der Waals surface area contributed by atoms with Crippen molar-refractivity contribution in [3.63, 3.8) is 0 Å². The number of aromatic nitrogens is 3. The molecule has 0 amide bonds. The van der Waals surface area contributed by atoms with Crippen LogP contribution in [0.1, 0.15) is 0 Å². The van der Waals surface area contributed by atoms with E-state index in [1.54, 1.807) is 18.3 Å². The molecule has 0 saturated heterocycles. The lowest BCUT2D eigenvalue weighted by molar-refractivity contribution is 1.09. The summed E-state index contributed by atoms with van der Waals surface area (Å²) in [5.41, 5.74) is 12.5. The van der Waals surface area contributed by atoms with Crippen LogP contribution in [0.2, 0.25) is 5.15 Å². The molecule has 2 aromatic carbocycles. The largest absolute Gasteiger partial charge is 0.393 e. The molecule has 0 aliphatic heterocycles. The maximum Gasteiger partial charge on any atom is 0.173 e. The first-order chi connectivity index (χ1) is 14.2. The average Bonchev–Trinajstić information content (AvgIpc) is 2.77. The van der Waals surface area contributed by atoms with E-state index in [-0.39, 0.29) is 0 Å². The van der Waals surface area contributed by atoms with Gasteiger partial charge in [0.2, 0.25) is 0 Å². The Morgan fingerprint density at radius 1 is 0.759 bits per heavy atom. The van der Waals surface area contributed by atoms with Crippen LogP contribution in [0.15, 0.2) is 85.3 Å². The topological polar surface area (TPSA) is 92.0 Å². The van der Waals surface area contributed by atoms with Crippen molar-refractivity contribution in [3.05, 3.63) is 90.5 Å². The number of rotatable bonds is 6. The van der Waals surface area contributed by atoms with E-state index in [4.69, 9.17) is 17.3 Å². The van der Waals surface area contributed by atoms with Crippen molar-refractivity contribution in [2.75, 3.05) is 21.5 Å². The number of nitrogens with two attached hydrogens (primary N) is 1. The van der Waals surface area contributed by atoms with Crippen molar-refractivity contribution in [1.82, 2.24) is 15.0 Å². The van der Waals surface area contributed by atoms with Crippen molar-refractivity contribution in [1.29, 1.82) is 0 Å². The zero-order chi connectivity index (χ0) is 20.1. The number of nitrogens with one attached hydrogen (secondary N) is 2. The minimum Gasteiger partial charge on any atom is -0.393 e. The first-order valence-corrected chi connectivity index (χ1v) is 9.25. The fourth-order valence-electron chi connectivity index (χ4n) is 2.73. The van der Waals surface area contributed by atoms with Crippen LogP contribution in [0, 0.1) is 0 Å². The minimum atomic E-state index is 0.329. The van der Waals surface area contributed by atoms with Crippen molar-refractivity contribution in [2.45, 2.75) is 0 Å². The molecule has 0 aliphatic rings. The summed E-state index contributed by atoms with van der Waals surface area (Å²) < 4.78 is 0. The van der Waals surface area contributed by atoms with E-state index < -0.39 is 0 Å². The summed E-state index contributed by atoms with van der Waals surface area (Å²) in [6.07, 6.45) is 3.04. The van der Waals surface area contributed by atoms with Crippen LogP contribution >= 0.6 is 11.6 Å². The van der Waals surface area contributed by atoms with Gasteiger partial charge in [-0.05, 0) is 36.4 Å². The lowest BCUT2D eigenvalue weighted by atomic mass is 10.2. The Bertz CT molecular complexity index is 1050. The molecule has 0 fully saturated rings. The van der Waals surface area contributed by atoms with Crippen LogP contribution in [-0.4, -0.2) is 15.0 Å². The van der Waals surface area contributed by atoms with Gasteiger partial charge in [-0.3, -0.25) is 10.4 Å². The summed E-state index contributed by atoms with van der Waals surface area (Å²) in [6, 6.07) is 23.3. The molecule has 4 aromatic rings. The molecule has 29 heavy (non-hydrogen) atoms. The summed E-state index contributed by atoms with van der Waals surface area (Å²) in [4.78, 5) is 12.6. The molecule has 0 atom stereocenters. The second kappa shape index (κ2) is 8.45. The normalized spacial score (nSPS) is 10.4. The summed E-state index contributed by atoms with van der Waals surface area (Å²) >= 11 is 6.13. The molecule has 4 N–H and O–H groups in total. The van der Waals surface area contributed by atoms with Crippen LogP contribution in [0.25, 0.3) is 0 Å². The number of hydrogen-bond acceptors (Lipinski definition) is 7. The molecule has 0 saturated carbocycles. The highest BCUT2D eigenvalue weighted by Crippen LogP contribution is 2.31. The summed E-state index contributed by atoms with van der Waals surface area (Å²) in [5, 5.41) is 5.34. The van der Waals surface area contributed by atoms with Gasteiger partial charge in [-0.15, -0.1) is 0 Å². The van der Waals surface area contributed by atoms with E-state index in [9.17, 15) is 0 Å². The first kappa shape index (κ1) is 18.5. The predicted molar refractivity (Wildman–Crippen MR) is 118 cm³/mol. The second-order valence-corrected chi connectivity index (χ2v) is 6.43. The van der Waals surface area contributed by atoms with E-state index in [1.807, 2.05) is 65.7 Å². The number of benzene rings is 2. The van der Waals surface area contributed by atoms with Gasteiger partial charge in [0, 0.05) is 6.20 Å². The average molecular weight is 404 g/mol. The minimum absolute atomic E-state index is 0.329. The van der Waals surface area contributed by atoms with Gasteiger partial charge in [0.25, 0.3) is 0 Å². The molecule has 144 valence electrons. The second-order valence-electron chi connectivity index (χ2n) is 6.07. The first-order valence-electron chi connectivity index (χ1n) is 8.87. The molecule has 0 spiro atoms. The van der Waals surface area contributed by atoms with Crippen LogP contribution in [0.4, 0.5) is 34.4 Å². The number of para-hydroxylation sites is 2. The van der Waals surface area contributed by atoms with E-state index >= 15 is 0 Å². The molecule has 0 radical (unpaired) electrons. The maximum atomic E-state index is 6.35. The Balaban J connectivity index is 1.67. The Labute approximate surface area is 173 Å². The van der Waals surface area contributed by atoms with E-state index in [0.29, 0.717) is 28.2 Å². The van der Waals surface area contributed by atoms with Crippen LogP contribution < -0.4 is 21.5 Å². The Morgan fingerprint density at radius 3 is 2.00 bits per heavy atom. The lowest BCUT2D eigenvalue weighted by Crippen LogP contribution is -2.26. The summed E-state index contributed by atoms with van der Waals surface area (Å²) in [6.45, 7) is 0. The number of hydrogen-bond donors (Lipinski definition) is 3. The molecule has 0 bridgehead atoms. The van der Waals surface area contributed by atoms with Gasteiger partial charge < -0.3 is 11.1 Å². The number of halogens is 1. The van der Waals surface area contributed by atoms with E-state index in [0.717, 1.165) is 11.4 Å². The highest BCUT2D eigenvalue weighted by atomic mass is 35.5. The third kappa shape index (κ3) is 4.20. The fraction of sp³-hybridized carbons (Fsp3) is 0. The smallest absolute Gasteiger partial charge is 0.173 e. The number of anilines is 6. The number of nitrogen functional groups attached to an aromatic ring is 1. The zero-order valence-corrected chi connectivity index (χ0v) is 16.1. The Hall–Kier alpha value is -3.84. The highest BCUT2D eigenvalue weighted by molar-refractivity contribution is 6.32. The summed E-state index contributed by atoms with van der Waals surface area (Å²) in [7, 11) is 0. The molecule has 2 aromatic heterocycles. The van der Waals surface area contributed by atoms with Crippen LogP contribution in [-0.2, 0) is 0 Å². The number of nitrogens with zero attached hydrogens (tertiary/aromatic N) is 4. The van der Waals surface area contributed by atoms with Crippen molar-refractivity contribution < 1.29 is 0 Å². The zero-order valence-electron chi connectivity index (χ0n) is 15.3. The maximum absolute atomic E-state index is 6.35. The van der Waals surface area contributed by atoms with E-state index in [2.05, 4.69) is 25.7 Å². The number of hydrazine groups is 1. The molecule has 2 heterocycles. The summed E-state index contributed by atoms with van der Waals surface area (Å²) in [5.74, 6) is 0.883. The van der Waals surface area contributed by atoms with Gasteiger partial charge in [-0.1, -0.05) is 48.0 Å². The number of pyridine rings is 1. The van der Waals surface area contributed by atoms with Gasteiger partial charge in [-0.25, -0.2) is 15.0 Å². The van der Waals surface area contributed by atoms with Crippen molar-refractivity contribution in [2.24, 2.45) is 0 Å². The molecule has 0 unspecified atom stereocenters. The standard InChI is InChI=1S/C21H18ClN7/c22-19-17(12-7-13-24-19)27-20-18(23)21(26-14-25-20)28-29(15-8-3-1-4-9-15)16-10-5-2-6-11-16/h1-14H,23H2,(H2,25,26,27,28). The van der Waals surface area contributed by atoms with E-state index in [1.165, 1.54) is 6.33 Å². The van der Waals surface area contributed by atoms with Gasteiger partial charge in [0.05, 0.1) is 17.1 Å². The highest BCUT2D eigenvalue weighted by Gasteiger charge is 2.15. The third-order valence-corrected chi connectivity index (χ3v) is 4.44. The van der Waals surface area contributed by atoms with Crippen molar-refractivity contribution >= 4 is 46.0 Å². The van der Waals surface area contributed by atoms with Gasteiger partial charge in [-0.2, -0.15) is 0 Å². The van der Waals surface area contributed by atoms with Gasteiger partial charge in [0.15, 0.2) is 16.8 Å². The van der Waals surface area contributed by atoms with Gasteiger partial charge in [0.1, 0.15) is 12.0 Å². The SMILES string of the molecule is Nc1c(Nc2cccnc2Cl)ncnc1NN(c1ccccc1)c1ccccc1. The predicted octanol–water partition coefficient (Wildman–Crippen LogP) is 5.02. The molecular formula is C21H18ClN7. The molecular weight excluding hydrogens is 386 g/mol. The molecule has 7 nitrogen and oxygen atoms in total. The van der Waals surface area contributed by atoms with Crippen LogP contribution in [0.3, 0.4) is 0 Å². The molecule has 4 rings (SSSR count). The molecule has 0 aliphatic carbocycles. The Morgan fingerprint density at radius 2 is 1.38 bits per heavy atom.